The van der Waals surface area contributed by atoms with E-state index in [1.807, 2.05) is 5.38 Å². The Bertz CT molecular complexity index is 782. The zero-order valence-electron chi connectivity index (χ0n) is 13.7. The number of nitrogens with one attached hydrogen (secondary N) is 1. The fourth-order valence-corrected chi connectivity index (χ4v) is 3.42. The highest BCUT2D eigenvalue weighted by atomic mass is 32.1. The van der Waals surface area contributed by atoms with Gasteiger partial charge in [-0.2, -0.15) is 0 Å². The molecule has 2 heterocycles. The third kappa shape index (κ3) is 2.95. The number of ketones is 1. The van der Waals surface area contributed by atoms with Gasteiger partial charge in [-0.05, 0) is 50.4 Å². The van der Waals surface area contributed by atoms with Crippen LogP contribution in [0.5, 0.6) is 5.75 Å². The van der Waals surface area contributed by atoms with E-state index < -0.39 is 17.7 Å². The van der Waals surface area contributed by atoms with Gasteiger partial charge in [0.2, 0.25) is 0 Å². The van der Waals surface area contributed by atoms with Crippen LogP contribution < -0.4 is 10.1 Å². The normalized spacial score (nSPS) is 21.5. The van der Waals surface area contributed by atoms with E-state index in [1.165, 1.54) is 18.3 Å². The van der Waals surface area contributed by atoms with Gasteiger partial charge < -0.3 is 15.2 Å². The topological polar surface area (TPSA) is 75.6 Å². The minimum atomic E-state index is -0.948. The SMILES string of the molecule is CC(=O)c1ccc2c(c1)C(NC(=O)c1cccs1)[C@H](O)C(C)(C)O2. The Balaban J connectivity index is 2.01. The number of fused-ring (bicyclic) bond motifs is 1. The summed E-state index contributed by atoms with van der Waals surface area (Å²) in [5.74, 6) is 0.221. The highest BCUT2D eigenvalue weighted by molar-refractivity contribution is 7.12. The molecular formula is C18H19NO4S. The van der Waals surface area contributed by atoms with Crippen molar-refractivity contribution in [3.63, 3.8) is 0 Å². The number of rotatable bonds is 3. The molecule has 2 atom stereocenters. The van der Waals surface area contributed by atoms with Crippen molar-refractivity contribution in [3.8, 4) is 5.75 Å². The van der Waals surface area contributed by atoms with E-state index in [0.717, 1.165) is 0 Å². The van der Waals surface area contributed by atoms with Gasteiger partial charge in [0.1, 0.15) is 17.5 Å². The number of amides is 1. The molecule has 0 fully saturated rings. The highest BCUT2D eigenvalue weighted by Crippen LogP contribution is 2.40. The number of benzene rings is 1. The van der Waals surface area contributed by atoms with Crippen molar-refractivity contribution in [1.82, 2.24) is 5.32 Å². The van der Waals surface area contributed by atoms with Crippen molar-refractivity contribution in [3.05, 3.63) is 51.7 Å². The first kappa shape index (κ1) is 16.7. The second kappa shape index (κ2) is 6.03. The Morgan fingerprint density at radius 3 is 2.67 bits per heavy atom. The average Bonchev–Trinajstić information content (AvgIpc) is 3.05. The molecule has 2 aromatic rings. The molecule has 6 heteroatoms. The zero-order valence-corrected chi connectivity index (χ0v) is 14.5. The van der Waals surface area contributed by atoms with Crippen LogP contribution in [0.4, 0.5) is 0 Å². The summed E-state index contributed by atoms with van der Waals surface area (Å²) < 4.78 is 5.86. The van der Waals surface area contributed by atoms with E-state index in [9.17, 15) is 14.7 Å². The van der Waals surface area contributed by atoms with Crippen molar-refractivity contribution >= 4 is 23.0 Å². The summed E-state index contributed by atoms with van der Waals surface area (Å²) in [6, 6.07) is 7.94. The van der Waals surface area contributed by atoms with E-state index in [4.69, 9.17) is 4.74 Å². The molecule has 1 aliphatic heterocycles. The zero-order chi connectivity index (χ0) is 17.5. The van der Waals surface area contributed by atoms with Crippen molar-refractivity contribution < 1.29 is 19.4 Å². The first-order valence-electron chi connectivity index (χ1n) is 7.66. The molecule has 0 aliphatic carbocycles. The first-order valence-corrected chi connectivity index (χ1v) is 8.54. The van der Waals surface area contributed by atoms with Gasteiger partial charge in [-0.25, -0.2) is 0 Å². The Morgan fingerprint density at radius 2 is 2.04 bits per heavy atom. The van der Waals surface area contributed by atoms with E-state index in [0.29, 0.717) is 21.8 Å². The minimum Gasteiger partial charge on any atom is -0.485 e. The molecule has 24 heavy (non-hydrogen) atoms. The largest absolute Gasteiger partial charge is 0.485 e. The second-order valence-electron chi connectivity index (χ2n) is 6.39. The number of Topliss-reactive ketones (excluding diaryl/α,β-unsaturated/α-hetero) is 1. The lowest BCUT2D eigenvalue weighted by atomic mass is 9.85. The number of hydrogen-bond donors (Lipinski definition) is 2. The molecule has 0 bridgehead atoms. The van der Waals surface area contributed by atoms with Crippen molar-refractivity contribution in [2.45, 2.75) is 38.5 Å². The van der Waals surface area contributed by atoms with Crippen molar-refractivity contribution in [1.29, 1.82) is 0 Å². The molecule has 0 saturated heterocycles. The van der Waals surface area contributed by atoms with Gasteiger partial charge in [-0.3, -0.25) is 9.59 Å². The number of ether oxygens (including phenoxy) is 1. The number of aliphatic hydroxyl groups is 1. The molecule has 1 aromatic heterocycles. The molecule has 1 amide bonds. The Kier molecular flexibility index (Phi) is 4.19. The summed E-state index contributed by atoms with van der Waals surface area (Å²) in [7, 11) is 0. The van der Waals surface area contributed by atoms with Crippen LogP contribution in [0.3, 0.4) is 0 Å². The van der Waals surface area contributed by atoms with Crippen LogP contribution in [-0.4, -0.2) is 28.5 Å². The molecular weight excluding hydrogens is 326 g/mol. The van der Waals surface area contributed by atoms with E-state index in [1.54, 1.807) is 44.2 Å². The van der Waals surface area contributed by atoms with Gasteiger partial charge in [-0.1, -0.05) is 6.07 Å². The fraction of sp³-hybridized carbons (Fsp3) is 0.333. The number of thiophene rings is 1. The van der Waals surface area contributed by atoms with Crippen LogP contribution in [0.1, 0.15) is 52.4 Å². The molecule has 1 aromatic carbocycles. The molecule has 1 unspecified atom stereocenters. The van der Waals surface area contributed by atoms with Crippen LogP contribution in [0, 0.1) is 0 Å². The quantitative estimate of drug-likeness (QED) is 0.839. The summed E-state index contributed by atoms with van der Waals surface area (Å²) in [4.78, 5) is 24.7. The van der Waals surface area contributed by atoms with Crippen LogP contribution in [0.25, 0.3) is 0 Å². The maximum Gasteiger partial charge on any atom is 0.261 e. The molecule has 1 aliphatic rings. The lowest BCUT2D eigenvalue weighted by Crippen LogP contribution is -2.53. The Morgan fingerprint density at radius 1 is 1.29 bits per heavy atom. The molecule has 3 rings (SSSR count). The van der Waals surface area contributed by atoms with Gasteiger partial charge in [0.15, 0.2) is 5.78 Å². The summed E-state index contributed by atoms with van der Waals surface area (Å²) in [6.07, 6.45) is -0.948. The summed E-state index contributed by atoms with van der Waals surface area (Å²) in [5.41, 5.74) is 0.261. The predicted octanol–water partition coefficient (Wildman–Crippen LogP) is 2.95. The van der Waals surface area contributed by atoms with E-state index in [-0.39, 0.29) is 11.7 Å². The van der Waals surface area contributed by atoms with Crippen molar-refractivity contribution in [2.24, 2.45) is 0 Å². The van der Waals surface area contributed by atoms with Crippen molar-refractivity contribution in [2.75, 3.05) is 0 Å². The summed E-state index contributed by atoms with van der Waals surface area (Å²) in [6.45, 7) is 5.01. The number of carbonyl (C=O) groups excluding carboxylic acids is 2. The number of hydrogen-bond acceptors (Lipinski definition) is 5. The van der Waals surface area contributed by atoms with Gasteiger partial charge in [0, 0.05) is 11.1 Å². The van der Waals surface area contributed by atoms with E-state index in [2.05, 4.69) is 5.32 Å². The third-order valence-corrected chi connectivity index (χ3v) is 5.05. The maximum atomic E-state index is 12.4. The summed E-state index contributed by atoms with van der Waals surface area (Å²) >= 11 is 1.33. The Hall–Kier alpha value is -2.18. The molecule has 126 valence electrons. The smallest absolute Gasteiger partial charge is 0.261 e. The van der Waals surface area contributed by atoms with Crippen LogP contribution >= 0.6 is 11.3 Å². The third-order valence-electron chi connectivity index (χ3n) is 4.18. The van der Waals surface area contributed by atoms with Gasteiger partial charge in [0.05, 0.1) is 10.9 Å². The van der Waals surface area contributed by atoms with Gasteiger partial charge in [0.25, 0.3) is 5.91 Å². The average molecular weight is 345 g/mol. The lowest BCUT2D eigenvalue weighted by molar-refractivity contribution is -0.0627. The molecule has 0 spiro atoms. The minimum absolute atomic E-state index is 0.0829. The Labute approximate surface area is 144 Å². The monoisotopic (exact) mass is 345 g/mol. The van der Waals surface area contributed by atoms with Gasteiger partial charge >= 0.3 is 0 Å². The molecule has 5 nitrogen and oxygen atoms in total. The van der Waals surface area contributed by atoms with Gasteiger partial charge in [-0.15, -0.1) is 11.3 Å². The number of aliphatic hydroxyl groups excluding tert-OH is 1. The van der Waals surface area contributed by atoms with Crippen LogP contribution in [-0.2, 0) is 0 Å². The predicted molar refractivity (Wildman–Crippen MR) is 91.7 cm³/mol. The highest BCUT2D eigenvalue weighted by Gasteiger charge is 2.43. The van der Waals surface area contributed by atoms with Crippen LogP contribution in [0.15, 0.2) is 35.7 Å². The molecule has 0 saturated carbocycles. The van der Waals surface area contributed by atoms with E-state index >= 15 is 0 Å². The fourth-order valence-electron chi connectivity index (χ4n) is 2.80. The number of carbonyl (C=O) groups is 2. The lowest BCUT2D eigenvalue weighted by Gasteiger charge is -2.42. The molecule has 0 radical (unpaired) electrons. The first-order chi connectivity index (χ1) is 11.3. The molecule has 2 N–H and O–H groups in total. The second-order valence-corrected chi connectivity index (χ2v) is 7.34. The standard InChI is InChI=1S/C18H19NO4S/c1-10(20)11-6-7-13-12(9-11)15(16(21)18(2,3)23-13)19-17(22)14-5-4-8-24-14/h4-9,15-16,21H,1-3H3,(H,19,22)/t15?,16-/m0/s1. The van der Waals surface area contributed by atoms with Crippen LogP contribution in [0.2, 0.25) is 0 Å². The summed E-state index contributed by atoms with van der Waals surface area (Å²) in [5, 5.41) is 15.4. The maximum absolute atomic E-state index is 12.4.